The summed E-state index contributed by atoms with van der Waals surface area (Å²) in [6.45, 7) is 2.40. The smallest absolute Gasteiger partial charge is 0.178 e. The summed E-state index contributed by atoms with van der Waals surface area (Å²) in [7, 11) is 0. The first-order chi connectivity index (χ1) is 13.0. The molecule has 4 N–H and O–H groups in total. The van der Waals surface area contributed by atoms with Crippen molar-refractivity contribution >= 4 is 28.9 Å². The lowest BCUT2D eigenvalue weighted by molar-refractivity contribution is 0.202. The molecule has 10 heteroatoms. The number of nitrogens with zero attached hydrogens (tertiary/aromatic N) is 6. The van der Waals surface area contributed by atoms with Gasteiger partial charge in [-0.25, -0.2) is 4.98 Å². The molecular formula is C17H19ClN8O. The van der Waals surface area contributed by atoms with E-state index in [2.05, 4.69) is 26.6 Å². The number of rotatable bonds is 6. The van der Waals surface area contributed by atoms with Gasteiger partial charge >= 0.3 is 0 Å². The van der Waals surface area contributed by atoms with Crippen LogP contribution >= 0.6 is 11.6 Å². The maximum absolute atomic E-state index is 9.50. The van der Waals surface area contributed by atoms with Gasteiger partial charge in [-0.1, -0.05) is 11.6 Å². The van der Waals surface area contributed by atoms with Gasteiger partial charge in [-0.15, -0.1) is 0 Å². The van der Waals surface area contributed by atoms with Crippen molar-refractivity contribution < 1.29 is 5.11 Å². The van der Waals surface area contributed by atoms with Crippen LogP contribution in [0.2, 0.25) is 5.02 Å². The van der Waals surface area contributed by atoms with Crippen molar-refractivity contribution in [3.8, 4) is 6.07 Å². The molecule has 0 saturated heterocycles. The van der Waals surface area contributed by atoms with E-state index in [9.17, 15) is 10.4 Å². The number of halogens is 1. The van der Waals surface area contributed by atoms with E-state index in [-0.39, 0.29) is 23.5 Å². The van der Waals surface area contributed by atoms with Crippen LogP contribution in [0.3, 0.4) is 0 Å². The Labute approximate surface area is 160 Å². The van der Waals surface area contributed by atoms with E-state index in [0.29, 0.717) is 35.1 Å². The van der Waals surface area contributed by atoms with Crippen LogP contribution in [0, 0.1) is 18.3 Å². The Bertz CT molecular complexity index is 1060. The molecule has 9 nitrogen and oxygen atoms in total. The lowest BCUT2D eigenvalue weighted by Crippen LogP contribution is -2.21. The van der Waals surface area contributed by atoms with Gasteiger partial charge in [0.2, 0.25) is 0 Å². The number of nitrogen functional groups attached to an aromatic ring is 1. The van der Waals surface area contributed by atoms with Crippen molar-refractivity contribution in [1.29, 1.82) is 5.26 Å². The molecular weight excluding hydrogens is 368 g/mol. The van der Waals surface area contributed by atoms with E-state index in [0.717, 1.165) is 18.4 Å². The van der Waals surface area contributed by atoms with Crippen LogP contribution in [0.25, 0.3) is 5.65 Å². The van der Waals surface area contributed by atoms with E-state index in [1.807, 2.05) is 10.9 Å². The predicted octanol–water partition coefficient (Wildman–Crippen LogP) is 1.48. The fourth-order valence-corrected chi connectivity index (χ4v) is 3.23. The zero-order valence-electron chi connectivity index (χ0n) is 14.8. The molecule has 140 valence electrons. The summed E-state index contributed by atoms with van der Waals surface area (Å²) in [4.78, 5) is 4.43. The third-order valence-corrected chi connectivity index (χ3v) is 5.41. The standard InChI is InChI=1S/C17H19ClN8O/c1-10-13(18)16-23-15(12(6-19)14(20)26(16)24-10)21-5-2-11-7-22-25(8-11)17(9-27)3-4-17/h7-8,27H,2-5,9,20H2,1H3,(H,21,23). The molecule has 0 aromatic carbocycles. The molecule has 0 bridgehead atoms. The molecule has 1 saturated carbocycles. The summed E-state index contributed by atoms with van der Waals surface area (Å²) in [5.41, 5.74) is 8.14. The molecule has 0 atom stereocenters. The maximum atomic E-state index is 9.50. The number of nitrogens with one attached hydrogen (secondary N) is 1. The van der Waals surface area contributed by atoms with Gasteiger partial charge in [0, 0.05) is 12.7 Å². The van der Waals surface area contributed by atoms with Gasteiger partial charge in [0.15, 0.2) is 5.65 Å². The van der Waals surface area contributed by atoms with Gasteiger partial charge in [0.05, 0.1) is 24.0 Å². The zero-order chi connectivity index (χ0) is 19.2. The Kier molecular flexibility index (Phi) is 4.17. The minimum atomic E-state index is -0.211. The van der Waals surface area contributed by atoms with Crippen molar-refractivity contribution in [2.45, 2.75) is 31.7 Å². The molecule has 0 aliphatic heterocycles. The number of aryl methyl sites for hydroxylation is 1. The van der Waals surface area contributed by atoms with E-state index in [1.165, 1.54) is 4.52 Å². The second kappa shape index (κ2) is 6.40. The van der Waals surface area contributed by atoms with Crippen LogP contribution in [0.5, 0.6) is 0 Å². The summed E-state index contributed by atoms with van der Waals surface area (Å²) in [6, 6.07) is 2.08. The number of aliphatic hydroxyl groups is 1. The van der Waals surface area contributed by atoms with Gasteiger partial charge in [0.1, 0.15) is 28.3 Å². The average Bonchev–Trinajstić information content (AvgIpc) is 3.23. The van der Waals surface area contributed by atoms with Gasteiger partial charge in [-0.05, 0) is 31.7 Å². The Morgan fingerprint density at radius 1 is 1.48 bits per heavy atom. The Morgan fingerprint density at radius 3 is 2.93 bits per heavy atom. The minimum Gasteiger partial charge on any atom is -0.394 e. The van der Waals surface area contributed by atoms with E-state index < -0.39 is 0 Å². The van der Waals surface area contributed by atoms with Crippen molar-refractivity contribution in [2.24, 2.45) is 0 Å². The zero-order valence-corrected chi connectivity index (χ0v) is 15.5. The van der Waals surface area contributed by atoms with Crippen LogP contribution in [-0.4, -0.2) is 42.6 Å². The Morgan fingerprint density at radius 2 is 2.26 bits per heavy atom. The lowest BCUT2D eigenvalue weighted by atomic mass is 10.2. The second-order valence-corrected chi connectivity index (χ2v) is 7.20. The molecule has 3 aromatic heterocycles. The topological polar surface area (TPSA) is 130 Å². The number of anilines is 2. The third-order valence-electron chi connectivity index (χ3n) is 4.96. The van der Waals surface area contributed by atoms with Gasteiger partial charge < -0.3 is 16.2 Å². The lowest BCUT2D eigenvalue weighted by Gasteiger charge is -2.11. The van der Waals surface area contributed by atoms with E-state index >= 15 is 0 Å². The molecule has 0 spiro atoms. The van der Waals surface area contributed by atoms with Gasteiger partial charge in [-0.2, -0.15) is 20.0 Å². The van der Waals surface area contributed by atoms with Gasteiger partial charge in [0.25, 0.3) is 0 Å². The van der Waals surface area contributed by atoms with Crippen LogP contribution in [0.4, 0.5) is 11.6 Å². The summed E-state index contributed by atoms with van der Waals surface area (Å²) in [6.07, 6.45) is 6.33. The molecule has 1 aliphatic carbocycles. The number of nitrogens with two attached hydrogens (primary N) is 1. The van der Waals surface area contributed by atoms with Crippen LogP contribution < -0.4 is 11.1 Å². The highest BCUT2D eigenvalue weighted by Gasteiger charge is 2.44. The third kappa shape index (κ3) is 2.87. The largest absolute Gasteiger partial charge is 0.394 e. The predicted molar refractivity (Wildman–Crippen MR) is 101 cm³/mol. The highest BCUT2D eigenvalue weighted by atomic mass is 35.5. The van der Waals surface area contributed by atoms with E-state index in [1.54, 1.807) is 13.1 Å². The molecule has 0 unspecified atom stereocenters. The highest BCUT2D eigenvalue weighted by Crippen LogP contribution is 2.42. The molecule has 3 heterocycles. The van der Waals surface area contributed by atoms with Crippen molar-refractivity contribution in [3.63, 3.8) is 0 Å². The number of aliphatic hydroxyl groups excluding tert-OH is 1. The fraction of sp³-hybridized carbons (Fsp3) is 0.412. The van der Waals surface area contributed by atoms with Crippen LogP contribution in [0.1, 0.15) is 29.7 Å². The Hall–Kier alpha value is -2.83. The minimum absolute atomic E-state index is 0.104. The van der Waals surface area contributed by atoms with Crippen LogP contribution in [-0.2, 0) is 12.0 Å². The SMILES string of the molecule is Cc1nn2c(N)c(C#N)c(NCCc3cnn(C4(CO)CC4)c3)nc2c1Cl. The van der Waals surface area contributed by atoms with Crippen molar-refractivity contribution in [3.05, 3.63) is 34.2 Å². The molecule has 0 amide bonds. The van der Waals surface area contributed by atoms with E-state index in [4.69, 9.17) is 17.3 Å². The summed E-state index contributed by atoms with van der Waals surface area (Å²) in [5.74, 6) is 0.581. The molecule has 1 fully saturated rings. The van der Waals surface area contributed by atoms with Gasteiger partial charge in [-0.3, -0.25) is 4.68 Å². The Balaban J connectivity index is 1.52. The number of aromatic nitrogens is 5. The molecule has 0 radical (unpaired) electrons. The average molecular weight is 387 g/mol. The summed E-state index contributed by atoms with van der Waals surface area (Å²) >= 11 is 6.23. The normalized spacial score (nSPS) is 15.0. The first-order valence-electron chi connectivity index (χ1n) is 8.62. The van der Waals surface area contributed by atoms with Crippen molar-refractivity contribution in [2.75, 3.05) is 24.2 Å². The number of fused-ring (bicyclic) bond motifs is 1. The second-order valence-electron chi connectivity index (χ2n) is 6.82. The molecule has 1 aliphatic rings. The quantitative estimate of drug-likeness (QED) is 0.584. The maximum Gasteiger partial charge on any atom is 0.178 e. The molecule has 4 rings (SSSR count). The highest BCUT2D eigenvalue weighted by molar-refractivity contribution is 6.34. The number of nitriles is 1. The monoisotopic (exact) mass is 386 g/mol. The fourth-order valence-electron chi connectivity index (χ4n) is 3.07. The number of hydrogen-bond acceptors (Lipinski definition) is 7. The molecule has 27 heavy (non-hydrogen) atoms. The first kappa shape index (κ1) is 17.6. The van der Waals surface area contributed by atoms with Crippen LogP contribution in [0.15, 0.2) is 12.4 Å². The summed E-state index contributed by atoms with van der Waals surface area (Å²) in [5, 5.41) is 31.1. The van der Waals surface area contributed by atoms with Crippen molar-refractivity contribution in [1.82, 2.24) is 24.4 Å². The first-order valence-corrected chi connectivity index (χ1v) is 9.00. The molecule has 3 aromatic rings. The number of hydrogen-bond donors (Lipinski definition) is 3. The summed E-state index contributed by atoms with van der Waals surface area (Å²) < 4.78 is 3.23.